The molecule has 1 heterocycles. The molecule has 1 saturated heterocycles. The summed E-state index contributed by atoms with van der Waals surface area (Å²) in [6.07, 6.45) is 0.300. The summed E-state index contributed by atoms with van der Waals surface area (Å²) in [5.74, 6) is -0.901. The summed E-state index contributed by atoms with van der Waals surface area (Å²) in [5, 5.41) is 17.0. The third-order valence-corrected chi connectivity index (χ3v) is 4.03. The predicted octanol–water partition coefficient (Wildman–Crippen LogP) is 2.29. The van der Waals surface area contributed by atoms with Gasteiger partial charge in [-0.25, -0.2) is 9.59 Å². The van der Waals surface area contributed by atoms with E-state index in [1.165, 1.54) is 0 Å². The third kappa shape index (κ3) is 5.10. The van der Waals surface area contributed by atoms with E-state index in [9.17, 15) is 14.4 Å². The summed E-state index contributed by atoms with van der Waals surface area (Å²) in [7, 11) is 0. The van der Waals surface area contributed by atoms with Crippen LogP contribution in [0.3, 0.4) is 0 Å². The number of rotatable bonds is 6. The first kappa shape index (κ1) is 18.6. The smallest absolute Gasteiger partial charge is 0.322 e. The van der Waals surface area contributed by atoms with Crippen LogP contribution in [0.5, 0.6) is 0 Å². The number of anilines is 2. The van der Waals surface area contributed by atoms with Gasteiger partial charge in [-0.2, -0.15) is 0 Å². The molecule has 1 aromatic rings. The fourth-order valence-corrected chi connectivity index (χ4v) is 2.63. The molecule has 25 heavy (non-hydrogen) atoms. The maximum absolute atomic E-state index is 12.2. The molecule has 0 bridgehead atoms. The van der Waals surface area contributed by atoms with Gasteiger partial charge in [0.15, 0.2) is 0 Å². The van der Waals surface area contributed by atoms with Crippen molar-refractivity contribution in [2.75, 3.05) is 23.3 Å². The molecule has 136 valence electrons. The van der Waals surface area contributed by atoms with Crippen LogP contribution in [0.4, 0.5) is 21.0 Å². The van der Waals surface area contributed by atoms with Crippen molar-refractivity contribution in [2.24, 2.45) is 0 Å². The topological polar surface area (TPSA) is 111 Å². The molecule has 1 aromatic carbocycles. The zero-order valence-corrected chi connectivity index (χ0v) is 14.7. The monoisotopic (exact) mass is 348 g/mol. The van der Waals surface area contributed by atoms with Gasteiger partial charge in [-0.15, -0.1) is 0 Å². The van der Waals surface area contributed by atoms with E-state index < -0.39 is 17.5 Å². The van der Waals surface area contributed by atoms with Crippen molar-refractivity contribution in [1.29, 1.82) is 0 Å². The third-order valence-electron chi connectivity index (χ3n) is 4.03. The van der Waals surface area contributed by atoms with Gasteiger partial charge in [-0.05, 0) is 44.9 Å². The number of nitrogens with one attached hydrogen (secondary N) is 3. The number of hydrogen-bond donors (Lipinski definition) is 4. The molecule has 0 spiro atoms. The SMILES string of the molecule is Cc1ccc(NC(=O)NC(C)(C)CCC(=O)O)cc1N1CCNC1=O. The highest BCUT2D eigenvalue weighted by molar-refractivity contribution is 5.96. The van der Waals surface area contributed by atoms with Crippen LogP contribution in [0.25, 0.3) is 0 Å². The molecule has 0 radical (unpaired) electrons. The van der Waals surface area contributed by atoms with Crippen molar-refractivity contribution in [2.45, 2.75) is 39.2 Å². The van der Waals surface area contributed by atoms with E-state index in [0.717, 1.165) is 11.3 Å². The Hall–Kier alpha value is -2.77. The van der Waals surface area contributed by atoms with Gasteiger partial charge < -0.3 is 21.1 Å². The number of aliphatic carboxylic acids is 1. The molecule has 1 aliphatic rings. The minimum Gasteiger partial charge on any atom is -0.481 e. The molecule has 8 heteroatoms. The number of carbonyl (C=O) groups is 3. The maximum Gasteiger partial charge on any atom is 0.322 e. The van der Waals surface area contributed by atoms with Gasteiger partial charge >= 0.3 is 18.0 Å². The fraction of sp³-hybridized carbons (Fsp3) is 0.471. The lowest BCUT2D eigenvalue weighted by Gasteiger charge is -2.26. The summed E-state index contributed by atoms with van der Waals surface area (Å²) in [6, 6.07) is 4.78. The van der Waals surface area contributed by atoms with E-state index in [0.29, 0.717) is 25.2 Å². The van der Waals surface area contributed by atoms with E-state index in [2.05, 4.69) is 16.0 Å². The summed E-state index contributed by atoms with van der Waals surface area (Å²) in [4.78, 5) is 36.3. The van der Waals surface area contributed by atoms with Crippen molar-refractivity contribution in [1.82, 2.24) is 10.6 Å². The Morgan fingerprint density at radius 3 is 2.68 bits per heavy atom. The number of aryl methyl sites for hydroxylation is 1. The van der Waals surface area contributed by atoms with Crippen molar-refractivity contribution >= 4 is 29.4 Å². The average Bonchev–Trinajstić information content (AvgIpc) is 2.93. The largest absolute Gasteiger partial charge is 0.481 e. The molecule has 2 rings (SSSR count). The first-order valence-electron chi connectivity index (χ1n) is 8.15. The zero-order chi connectivity index (χ0) is 18.6. The fourth-order valence-electron chi connectivity index (χ4n) is 2.63. The molecule has 0 aromatic heterocycles. The van der Waals surface area contributed by atoms with Crippen LogP contribution in [0.15, 0.2) is 18.2 Å². The lowest BCUT2D eigenvalue weighted by Crippen LogP contribution is -2.45. The normalized spacial score (nSPS) is 14.2. The number of nitrogens with zero attached hydrogens (tertiary/aromatic N) is 1. The van der Waals surface area contributed by atoms with Crippen LogP contribution in [0.2, 0.25) is 0 Å². The Morgan fingerprint density at radius 1 is 1.36 bits per heavy atom. The summed E-state index contributed by atoms with van der Waals surface area (Å²) in [6.45, 7) is 6.61. The van der Waals surface area contributed by atoms with Crippen molar-refractivity contribution in [3.8, 4) is 0 Å². The van der Waals surface area contributed by atoms with Gasteiger partial charge in [0.2, 0.25) is 0 Å². The second-order valence-electron chi connectivity index (χ2n) is 6.74. The number of carbonyl (C=O) groups excluding carboxylic acids is 2. The molecule has 4 N–H and O–H groups in total. The molecule has 0 atom stereocenters. The number of carboxylic acid groups (broad SMARTS) is 1. The van der Waals surface area contributed by atoms with Gasteiger partial charge in [-0.3, -0.25) is 9.69 Å². The van der Waals surface area contributed by atoms with E-state index in [-0.39, 0.29) is 12.5 Å². The molecule has 0 aliphatic carbocycles. The van der Waals surface area contributed by atoms with Gasteiger partial charge in [0.1, 0.15) is 0 Å². The van der Waals surface area contributed by atoms with Crippen LogP contribution in [0, 0.1) is 6.92 Å². The summed E-state index contributed by atoms with van der Waals surface area (Å²) in [5.41, 5.74) is 1.60. The number of carboxylic acids is 1. The Morgan fingerprint density at radius 2 is 2.08 bits per heavy atom. The molecule has 0 unspecified atom stereocenters. The molecular weight excluding hydrogens is 324 g/mol. The summed E-state index contributed by atoms with van der Waals surface area (Å²) < 4.78 is 0. The Kier molecular flexibility index (Phi) is 5.51. The molecule has 4 amide bonds. The van der Waals surface area contributed by atoms with Gasteiger partial charge in [0.05, 0.1) is 5.69 Å². The highest BCUT2D eigenvalue weighted by atomic mass is 16.4. The Balaban J connectivity index is 2.03. The molecular formula is C17H24N4O4. The van der Waals surface area contributed by atoms with Crippen LogP contribution >= 0.6 is 0 Å². The van der Waals surface area contributed by atoms with Gasteiger partial charge in [0, 0.05) is 30.7 Å². The minimum absolute atomic E-state index is 0.0218. The number of hydrogen-bond acceptors (Lipinski definition) is 3. The maximum atomic E-state index is 12.2. The van der Waals surface area contributed by atoms with Crippen LogP contribution in [-0.4, -0.2) is 41.8 Å². The van der Waals surface area contributed by atoms with E-state index >= 15 is 0 Å². The first-order valence-corrected chi connectivity index (χ1v) is 8.15. The Bertz CT molecular complexity index is 687. The molecule has 1 fully saturated rings. The standard InChI is InChI=1S/C17H24N4O4/c1-11-4-5-12(10-13(11)21-9-8-18-16(21)25)19-15(24)20-17(2,3)7-6-14(22)23/h4-5,10H,6-9H2,1-3H3,(H,18,25)(H,22,23)(H2,19,20,24). The van der Waals surface area contributed by atoms with Crippen LogP contribution in [-0.2, 0) is 4.79 Å². The highest BCUT2D eigenvalue weighted by Crippen LogP contribution is 2.25. The van der Waals surface area contributed by atoms with Gasteiger partial charge in [-0.1, -0.05) is 6.07 Å². The first-order chi connectivity index (χ1) is 11.7. The van der Waals surface area contributed by atoms with Crippen LogP contribution in [0.1, 0.15) is 32.3 Å². The number of amides is 4. The lowest BCUT2D eigenvalue weighted by atomic mass is 9.99. The molecule has 1 aliphatic heterocycles. The van der Waals surface area contributed by atoms with Gasteiger partial charge in [0.25, 0.3) is 0 Å². The number of urea groups is 2. The molecule has 0 saturated carbocycles. The summed E-state index contributed by atoms with van der Waals surface area (Å²) >= 11 is 0. The predicted molar refractivity (Wildman–Crippen MR) is 95.0 cm³/mol. The van der Waals surface area contributed by atoms with Crippen molar-refractivity contribution in [3.05, 3.63) is 23.8 Å². The second kappa shape index (κ2) is 7.42. The van der Waals surface area contributed by atoms with Crippen molar-refractivity contribution < 1.29 is 19.5 Å². The highest BCUT2D eigenvalue weighted by Gasteiger charge is 2.24. The van der Waals surface area contributed by atoms with Crippen molar-refractivity contribution in [3.63, 3.8) is 0 Å². The zero-order valence-electron chi connectivity index (χ0n) is 14.7. The van der Waals surface area contributed by atoms with Crippen LogP contribution < -0.4 is 20.9 Å². The molecule has 8 nitrogen and oxygen atoms in total. The van der Waals surface area contributed by atoms with E-state index in [1.54, 1.807) is 30.9 Å². The second-order valence-corrected chi connectivity index (χ2v) is 6.74. The van der Waals surface area contributed by atoms with E-state index in [1.807, 2.05) is 13.0 Å². The number of benzene rings is 1. The lowest BCUT2D eigenvalue weighted by molar-refractivity contribution is -0.137. The Labute approximate surface area is 146 Å². The average molecular weight is 348 g/mol. The minimum atomic E-state index is -0.901. The quantitative estimate of drug-likeness (QED) is 0.632. The van der Waals surface area contributed by atoms with E-state index in [4.69, 9.17) is 5.11 Å².